The Hall–Kier alpha value is -1.86. The smallest absolute Gasteiger partial charge is 0.435 e. The van der Waals surface area contributed by atoms with E-state index in [0.29, 0.717) is 19.4 Å². The van der Waals surface area contributed by atoms with Crippen molar-refractivity contribution in [3.8, 4) is 0 Å². The standard InChI is InChI=1S/C13H16F3N3O2/c1-2-5-12(11(20)21)6-7-19(8-12)10-4-3-9(17-18-10)13(14,15)16/h3-4H,2,5-8H2,1H3,(H,20,21). The Bertz CT molecular complexity index is 518. The molecule has 1 atom stereocenters. The summed E-state index contributed by atoms with van der Waals surface area (Å²) in [6.45, 7) is 2.61. The first-order valence-corrected chi connectivity index (χ1v) is 6.68. The van der Waals surface area contributed by atoms with Crippen LogP contribution >= 0.6 is 0 Å². The third kappa shape index (κ3) is 3.08. The quantitative estimate of drug-likeness (QED) is 0.926. The molecular weight excluding hydrogens is 287 g/mol. The maximum Gasteiger partial charge on any atom is 0.435 e. The lowest BCUT2D eigenvalue weighted by atomic mass is 9.83. The molecule has 116 valence electrons. The van der Waals surface area contributed by atoms with Crippen LogP contribution in [-0.4, -0.2) is 34.4 Å². The zero-order valence-electron chi connectivity index (χ0n) is 11.5. The van der Waals surface area contributed by atoms with Gasteiger partial charge in [-0.3, -0.25) is 4.79 Å². The monoisotopic (exact) mass is 303 g/mol. The molecule has 1 aromatic heterocycles. The Morgan fingerprint density at radius 3 is 2.62 bits per heavy atom. The molecular formula is C13H16F3N3O2. The number of rotatable bonds is 4. The van der Waals surface area contributed by atoms with Gasteiger partial charge in [-0.2, -0.15) is 13.2 Å². The zero-order chi connectivity index (χ0) is 15.7. The van der Waals surface area contributed by atoms with Gasteiger partial charge >= 0.3 is 12.1 Å². The van der Waals surface area contributed by atoms with Crippen molar-refractivity contribution in [3.63, 3.8) is 0 Å². The van der Waals surface area contributed by atoms with Crippen molar-refractivity contribution in [2.75, 3.05) is 18.0 Å². The van der Waals surface area contributed by atoms with E-state index in [2.05, 4.69) is 10.2 Å². The second kappa shape index (κ2) is 5.50. The minimum atomic E-state index is -4.52. The molecule has 0 radical (unpaired) electrons. The third-order valence-electron chi connectivity index (χ3n) is 3.80. The van der Waals surface area contributed by atoms with E-state index >= 15 is 0 Å². The summed E-state index contributed by atoms with van der Waals surface area (Å²) < 4.78 is 37.3. The minimum absolute atomic E-state index is 0.246. The van der Waals surface area contributed by atoms with Crippen LogP contribution in [0.4, 0.5) is 19.0 Å². The van der Waals surface area contributed by atoms with Crippen LogP contribution in [-0.2, 0) is 11.0 Å². The van der Waals surface area contributed by atoms with Crippen LogP contribution in [0.3, 0.4) is 0 Å². The molecule has 1 saturated heterocycles. The maximum absolute atomic E-state index is 12.4. The highest BCUT2D eigenvalue weighted by molar-refractivity contribution is 5.76. The van der Waals surface area contributed by atoms with Gasteiger partial charge in [0.05, 0.1) is 5.41 Å². The van der Waals surface area contributed by atoms with Crippen molar-refractivity contribution in [1.82, 2.24) is 10.2 Å². The molecule has 0 aromatic carbocycles. The first kappa shape index (κ1) is 15.5. The first-order valence-electron chi connectivity index (χ1n) is 6.68. The van der Waals surface area contributed by atoms with Crippen LogP contribution in [0, 0.1) is 5.41 Å². The number of carbonyl (C=O) groups is 1. The van der Waals surface area contributed by atoms with Crippen molar-refractivity contribution in [2.24, 2.45) is 5.41 Å². The fraction of sp³-hybridized carbons (Fsp3) is 0.615. The summed E-state index contributed by atoms with van der Waals surface area (Å²) in [4.78, 5) is 13.1. The molecule has 0 bridgehead atoms. The number of carboxylic acid groups (broad SMARTS) is 1. The van der Waals surface area contributed by atoms with E-state index in [-0.39, 0.29) is 12.4 Å². The molecule has 2 rings (SSSR count). The van der Waals surface area contributed by atoms with Gasteiger partial charge < -0.3 is 10.0 Å². The van der Waals surface area contributed by atoms with Gasteiger partial charge in [-0.05, 0) is 25.0 Å². The maximum atomic E-state index is 12.4. The predicted octanol–water partition coefficient (Wildman–Crippen LogP) is 2.58. The minimum Gasteiger partial charge on any atom is -0.481 e. The normalized spacial score (nSPS) is 22.6. The van der Waals surface area contributed by atoms with Gasteiger partial charge in [0.2, 0.25) is 0 Å². The molecule has 0 amide bonds. The number of halogens is 3. The Kier molecular flexibility index (Phi) is 4.06. The topological polar surface area (TPSA) is 66.3 Å². The lowest BCUT2D eigenvalue weighted by molar-refractivity contribution is -0.148. The van der Waals surface area contributed by atoms with Crippen molar-refractivity contribution in [3.05, 3.63) is 17.8 Å². The average Bonchev–Trinajstić information content (AvgIpc) is 2.84. The van der Waals surface area contributed by atoms with Crippen molar-refractivity contribution in [2.45, 2.75) is 32.4 Å². The molecule has 1 unspecified atom stereocenters. The average molecular weight is 303 g/mol. The Labute approximate surface area is 119 Å². The van der Waals surface area contributed by atoms with Crippen molar-refractivity contribution >= 4 is 11.8 Å². The number of alkyl halides is 3. The van der Waals surface area contributed by atoms with E-state index in [1.165, 1.54) is 6.07 Å². The van der Waals surface area contributed by atoms with E-state index in [4.69, 9.17) is 0 Å². The summed E-state index contributed by atoms with van der Waals surface area (Å²) in [5, 5.41) is 16.1. The number of aliphatic carboxylic acids is 1. The van der Waals surface area contributed by atoms with E-state index in [1.54, 1.807) is 4.90 Å². The van der Waals surface area contributed by atoms with Crippen LogP contribution in [0.2, 0.25) is 0 Å². The van der Waals surface area contributed by atoms with Gasteiger partial charge in [-0.15, -0.1) is 10.2 Å². The molecule has 1 aliphatic heterocycles. The van der Waals surface area contributed by atoms with Gasteiger partial charge in [-0.25, -0.2) is 0 Å². The van der Waals surface area contributed by atoms with Crippen LogP contribution in [0.1, 0.15) is 31.9 Å². The lowest BCUT2D eigenvalue weighted by Crippen LogP contribution is -2.35. The molecule has 1 N–H and O–H groups in total. The van der Waals surface area contributed by atoms with Gasteiger partial charge in [-0.1, -0.05) is 13.3 Å². The largest absolute Gasteiger partial charge is 0.481 e. The number of nitrogens with zero attached hydrogens (tertiary/aromatic N) is 3. The molecule has 1 aliphatic rings. The molecule has 0 saturated carbocycles. The van der Waals surface area contributed by atoms with E-state index < -0.39 is 23.3 Å². The van der Waals surface area contributed by atoms with Crippen molar-refractivity contribution in [1.29, 1.82) is 0 Å². The predicted molar refractivity (Wildman–Crippen MR) is 68.8 cm³/mol. The fourth-order valence-electron chi connectivity index (χ4n) is 2.68. The highest BCUT2D eigenvalue weighted by Gasteiger charge is 2.44. The number of hydrogen-bond donors (Lipinski definition) is 1. The van der Waals surface area contributed by atoms with E-state index in [1.807, 2.05) is 6.92 Å². The Balaban J connectivity index is 2.16. The summed E-state index contributed by atoms with van der Waals surface area (Å²) in [7, 11) is 0. The molecule has 2 heterocycles. The van der Waals surface area contributed by atoms with Gasteiger partial charge in [0.15, 0.2) is 11.5 Å². The second-order valence-corrected chi connectivity index (χ2v) is 5.28. The Morgan fingerprint density at radius 1 is 1.43 bits per heavy atom. The van der Waals surface area contributed by atoms with Gasteiger partial charge in [0.1, 0.15) is 0 Å². The van der Waals surface area contributed by atoms with Crippen LogP contribution in [0.25, 0.3) is 0 Å². The van der Waals surface area contributed by atoms with E-state index in [0.717, 1.165) is 12.5 Å². The molecule has 21 heavy (non-hydrogen) atoms. The summed E-state index contributed by atoms with van der Waals surface area (Å²) in [6, 6.07) is 2.10. The fourth-order valence-corrected chi connectivity index (χ4v) is 2.68. The molecule has 1 fully saturated rings. The summed E-state index contributed by atoms with van der Waals surface area (Å²) in [6.07, 6.45) is -2.80. The lowest BCUT2D eigenvalue weighted by Gasteiger charge is -2.24. The second-order valence-electron chi connectivity index (χ2n) is 5.28. The summed E-state index contributed by atoms with van der Waals surface area (Å²) >= 11 is 0. The van der Waals surface area contributed by atoms with Crippen LogP contribution in [0.15, 0.2) is 12.1 Å². The highest BCUT2D eigenvalue weighted by atomic mass is 19.4. The molecule has 0 spiro atoms. The number of hydrogen-bond acceptors (Lipinski definition) is 4. The Morgan fingerprint density at radius 2 is 2.14 bits per heavy atom. The van der Waals surface area contributed by atoms with Crippen LogP contribution < -0.4 is 4.90 Å². The third-order valence-corrected chi connectivity index (χ3v) is 3.80. The highest BCUT2D eigenvalue weighted by Crippen LogP contribution is 2.37. The summed E-state index contributed by atoms with van der Waals surface area (Å²) in [5.74, 6) is -0.589. The number of anilines is 1. The van der Waals surface area contributed by atoms with Gasteiger partial charge in [0.25, 0.3) is 0 Å². The number of aromatic nitrogens is 2. The SMILES string of the molecule is CCCC1(C(=O)O)CCN(c2ccc(C(F)(F)F)nn2)C1. The van der Waals surface area contributed by atoms with Crippen molar-refractivity contribution < 1.29 is 23.1 Å². The molecule has 5 nitrogen and oxygen atoms in total. The number of carboxylic acids is 1. The first-order chi connectivity index (χ1) is 9.78. The molecule has 0 aliphatic carbocycles. The molecule has 8 heteroatoms. The zero-order valence-corrected chi connectivity index (χ0v) is 11.5. The van der Waals surface area contributed by atoms with Gasteiger partial charge in [0, 0.05) is 13.1 Å². The van der Waals surface area contributed by atoms with Crippen LogP contribution in [0.5, 0.6) is 0 Å². The van der Waals surface area contributed by atoms with E-state index in [9.17, 15) is 23.1 Å². The molecule has 1 aromatic rings. The summed E-state index contributed by atoms with van der Waals surface area (Å²) in [5.41, 5.74) is -1.90.